The van der Waals surface area contributed by atoms with Crippen molar-refractivity contribution >= 4 is 44.7 Å². The maximum absolute atomic E-state index is 13.6. The van der Waals surface area contributed by atoms with E-state index in [0.29, 0.717) is 16.2 Å². The molecule has 0 fully saturated rings. The van der Waals surface area contributed by atoms with Gasteiger partial charge in [-0.25, -0.2) is 9.37 Å². The van der Waals surface area contributed by atoms with Crippen LogP contribution >= 0.6 is 22.9 Å². The second kappa shape index (κ2) is 5.19. The topological polar surface area (TPSA) is 42.0 Å². The minimum absolute atomic E-state index is 0.0317. The molecular formula is C14H8ClFN2OS. The van der Waals surface area contributed by atoms with Crippen LogP contribution in [0.5, 0.6) is 0 Å². The molecule has 0 aliphatic heterocycles. The second-order valence-corrected chi connectivity index (χ2v) is 5.35. The molecule has 6 heteroatoms. The maximum Gasteiger partial charge on any atom is 0.258 e. The molecular weight excluding hydrogens is 299 g/mol. The highest BCUT2D eigenvalue weighted by molar-refractivity contribution is 7.16. The van der Waals surface area contributed by atoms with Crippen LogP contribution in [0, 0.1) is 5.82 Å². The fraction of sp³-hybridized carbons (Fsp3) is 0. The monoisotopic (exact) mass is 306 g/mol. The molecule has 100 valence electrons. The number of amides is 1. The molecule has 3 rings (SSSR count). The molecule has 3 nitrogen and oxygen atoms in total. The summed E-state index contributed by atoms with van der Waals surface area (Å²) >= 11 is 7.53. The van der Waals surface area contributed by atoms with Gasteiger partial charge in [0.1, 0.15) is 11.3 Å². The first-order chi connectivity index (χ1) is 9.66. The van der Waals surface area contributed by atoms with Crippen molar-refractivity contribution in [1.29, 1.82) is 0 Å². The molecule has 1 aromatic heterocycles. The van der Waals surface area contributed by atoms with Gasteiger partial charge in [-0.3, -0.25) is 4.79 Å². The summed E-state index contributed by atoms with van der Waals surface area (Å²) in [6.45, 7) is 0. The molecule has 0 unspecified atom stereocenters. The highest BCUT2D eigenvalue weighted by Crippen LogP contribution is 2.32. The van der Waals surface area contributed by atoms with Crippen LogP contribution in [0.1, 0.15) is 10.4 Å². The van der Waals surface area contributed by atoms with Crippen LogP contribution in [-0.2, 0) is 0 Å². The molecule has 1 N–H and O–H groups in total. The van der Waals surface area contributed by atoms with Gasteiger partial charge in [-0.2, -0.15) is 0 Å². The van der Waals surface area contributed by atoms with Gasteiger partial charge in [-0.1, -0.05) is 23.7 Å². The SMILES string of the molecule is O=C(Nc1c(Cl)ccc2scnc12)c1ccccc1F. The molecule has 0 spiro atoms. The van der Waals surface area contributed by atoms with Crippen molar-refractivity contribution in [3.05, 3.63) is 58.3 Å². The number of halogens is 2. The van der Waals surface area contributed by atoms with Crippen molar-refractivity contribution < 1.29 is 9.18 Å². The third-order valence-corrected chi connectivity index (χ3v) is 3.92. The maximum atomic E-state index is 13.6. The number of anilines is 1. The van der Waals surface area contributed by atoms with Gasteiger partial charge in [0.2, 0.25) is 0 Å². The van der Waals surface area contributed by atoms with Gasteiger partial charge in [0.15, 0.2) is 0 Å². The summed E-state index contributed by atoms with van der Waals surface area (Å²) in [6.07, 6.45) is 0. The minimum Gasteiger partial charge on any atom is -0.319 e. The molecule has 0 aliphatic rings. The zero-order chi connectivity index (χ0) is 14.1. The van der Waals surface area contributed by atoms with Crippen LogP contribution in [0.15, 0.2) is 41.9 Å². The van der Waals surface area contributed by atoms with Crippen LogP contribution in [0.2, 0.25) is 5.02 Å². The number of carbonyl (C=O) groups is 1. The molecule has 0 aliphatic carbocycles. The average Bonchev–Trinajstić information content (AvgIpc) is 2.91. The minimum atomic E-state index is -0.577. The molecule has 1 amide bonds. The van der Waals surface area contributed by atoms with Crippen molar-refractivity contribution in [3.8, 4) is 0 Å². The molecule has 0 atom stereocenters. The summed E-state index contributed by atoms with van der Waals surface area (Å²) in [5.41, 5.74) is 2.64. The standard InChI is InChI=1S/C14H8ClFN2OS/c15-9-5-6-11-13(17-7-20-11)12(9)18-14(19)8-3-1-2-4-10(8)16/h1-7H,(H,18,19). The van der Waals surface area contributed by atoms with Crippen LogP contribution in [0.25, 0.3) is 10.2 Å². The molecule has 20 heavy (non-hydrogen) atoms. The summed E-state index contributed by atoms with van der Waals surface area (Å²) in [5.74, 6) is -1.13. The van der Waals surface area contributed by atoms with Gasteiger partial charge in [-0.05, 0) is 24.3 Å². The number of thiazole rings is 1. The van der Waals surface area contributed by atoms with E-state index in [1.165, 1.54) is 29.5 Å². The van der Waals surface area contributed by atoms with Gasteiger partial charge < -0.3 is 5.32 Å². The third kappa shape index (κ3) is 2.26. The Hall–Kier alpha value is -1.98. The quantitative estimate of drug-likeness (QED) is 0.765. The summed E-state index contributed by atoms with van der Waals surface area (Å²) in [7, 11) is 0. The molecule has 3 aromatic rings. The van der Waals surface area contributed by atoms with Gasteiger partial charge in [0, 0.05) is 0 Å². The van der Waals surface area contributed by atoms with Crippen LogP contribution < -0.4 is 5.32 Å². The van der Waals surface area contributed by atoms with Gasteiger partial charge in [-0.15, -0.1) is 11.3 Å². The lowest BCUT2D eigenvalue weighted by Gasteiger charge is -2.08. The van der Waals surface area contributed by atoms with Crippen LogP contribution in [0.3, 0.4) is 0 Å². The van der Waals surface area contributed by atoms with Crippen molar-refractivity contribution in [3.63, 3.8) is 0 Å². The number of nitrogens with one attached hydrogen (secondary N) is 1. The highest BCUT2D eigenvalue weighted by atomic mass is 35.5. The van der Waals surface area contributed by atoms with Crippen molar-refractivity contribution in [2.24, 2.45) is 0 Å². The molecule has 0 saturated heterocycles. The molecule has 0 saturated carbocycles. The van der Waals surface area contributed by atoms with Gasteiger partial charge in [0.05, 0.1) is 26.5 Å². The number of fused-ring (bicyclic) bond motifs is 1. The number of nitrogens with zero attached hydrogens (tertiary/aromatic N) is 1. The normalized spacial score (nSPS) is 10.7. The Bertz CT molecular complexity index is 803. The molecule has 1 heterocycles. The second-order valence-electron chi connectivity index (χ2n) is 4.06. The molecule has 0 radical (unpaired) electrons. The van der Waals surface area contributed by atoms with Crippen LogP contribution in [0.4, 0.5) is 10.1 Å². The van der Waals surface area contributed by atoms with E-state index in [1.54, 1.807) is 17.6 Å². The lowest BCUT2D eigenvalue weighted by molar-refractivity contribution is 0.102. The number of carbonyl (C=O) groups excluding carboxylic acids is 1. The first-order valence-corrected chi connectivity index (χ1v) is 7.00. The average molecular weight is 307 g/mol. The van der Waals surface area contributed by atoms with E-state index >= 15 is 0 Å². The van der Waals surface area contributed by atoms with Crippen molar-refractivity contribution in [1.82, 2.24) is 4.98 Å². The predicted molar refractivity (Wildman–Crippen MR) is 79.0 cm³/mol. The van der Waals surface area contributed by atoms with Crippen molar-refractivity contribution in [2.75, 3.05) is 5.32 Å². The zero-order valence-corrected chi connectivity index (χ0v) is 11.6. The highest BCUT2D eigenvalue weighted by Gasteiger charge is 2.15. The molecule has 2 aromatic carbocycles. The number of rotatable bonds is 2. The summed E-state index contributed by atoms with van der Waals surface area (Å²) in [6, 6.07) is 9.29. The van der Waals surface area contributed by atoms with E-state index in [2.05, 4.69) is 10.3 Å². The number of benzene rings is 2. The Labute approximate surface area is 123 Å². The fourth-order valence-corrected chi connectivity index (χ4v) is 2.74. The predicted octanol–water partition coefficient (Wildman–Crippen LogP) is 4.34. The first-order valence-electron chi connectivity index (χ1n) is 5.74. The van der Waals surface area contributed by atoms with E-state index in [-0.39, 0.29) is 5.56 Å². The fourth-order valence-electron chi connectivity index (χ4n) is 1.85. The zero-order valence-electron chi connectivity index (χ0n) is 10.1. The van der Waals surface area contributed by atoms with Crippen LogP contribution in [-0.4, -0.2) is 10.9 Å². The first kappa shape index (κ1) is 13.0. The van der Waals surface area contributed by atoms with E-state index < -0.39 is 11.7 Å². The van der Waals surface area contributed by atoms with Gasteiger partial charge >= 0.3 is 0 Å². The Morgan fingerprint density at radius 2 is 2.05 bits per heavy atom. The van der Waals surface area contributed by atoms with E-state index in [4.69, 9.17) is 11.6 Å². The summed E-state index contributed by atoms with van der Waals surface area (Å²) in [4.78, 5) is 16.3. The number of hydrogen-bond acceptors (Lipinski definition) is 3. The summed E-state index contributed by atoms with van der Waals surface area (Å²) < 4.78 is 14.5. The van der Waals surface area contributed by atoms with Crippen molar-refractivity contribution in [2.45, 2.75) is 0 Å². The Morgan fingerprint density at radius 3 is 2.85 bits per heavy atom. The lowest BCUT2D eigenvalue weighted by Crippen LogP contribution is -2.14. The van der Waals surface area contributed by atoms with E-state index in [1.807, 2.05) is 6.07 Å². The number of hydrogen-bond donors (Lipinski definition) is 1. The Balaban J connectivity index is 2.01. The van der Waals surface area contributed by atoms with E-state index in [9.17, 15) is 9.18 Å². The number of aromatic nitrogens is 1. The smallest absolute Gasteiger partial charge is 0.258 e. The summed E-state index contributed by atoms with van der Waals surface area (Å²) in [5, 5.41) is 3.00. The Kier molecular flexibility index (Phi) is 3.38. The Morgan fingerprint density at radius 1 is 1.25 bits per heavy atom. The largest absolute Gasteiger partial charge is 0.319 e. The van der Waals surface area contributed by atoms with E-state index in [0.717, 1.165) is 4.70 Å². The van der Waals surface area contributed by atoms with Gasteiger partial charge in [0.25, 0.3) is 5.91 Å². The third-order valence-electron chi connectivity index (χ3n) is 2.81. The molecule has 0 bridgehead atoms. The lowest BCUT2D eigenvalue weighted by atomic mass is 10.2.